The van der Waals surface area contributed by atoms with Crippen molar-refractivity contribution in [3.05, 3.63) is 65.7 Å². The van der Waals surface area contributed by atoms with Gasteiger partial charge in [0, 0.05) is 19.0 Å². The van der Waals surface area contributed by atoms with E-state index in [-0.39, 0.29) is 24.2 Å². The molecule has 0 aliphatic rings. The fraction of sp³-hybridized carbons (Fsp3) is 0.333. The molecule has 0 aliphatic heterocycles. The second-order valence-corrected chi connectivity index (χ2v) is 6.49. The van der Waals surface area contributed by atoms with Gasteiger partial charge in [-0.2, -0.15) is 0 Å². The first-order valence-electron chi connectivity index (χ1n) is 9.11. The van der Waals surface area contributed by atoms with E-state index < -0.39 is 5.97 Å². The van der Waals surface area contributed by atoms with Crippen LogP contribution in [0.2, 0.25) is 0 Å². The average molecular weight is 370 g/mol. The van der Waals surface area contributed by atoms with Gasteiger partial charge >= 0.3 is 12.0 Å². The number of rotatable bonds is 10. The van der Waals surface area contributed by atoms with Gasteiger partial charge in [-0.1, -0.05) is 42.5 Å². The largest absolute Gasteiger partial charge is 0.508 e. The van der Waals surface area contributed by atoms with Crippen molar-refractivity contribution in [2.75, 3.05) is 6.54 Å². The lowest BCUT2D eigenvalue weighted by molar-refractivity contribution is -0.137. The summed E-state index contributed by atoms with van der Waals surface area (Å²) in [5.41, 5.74) is 2.15. The van der Waals surface area contributed by atoms with Crippen LogP contribution in [0.15, 0.2) is 54.6 Å². The summed E-state index contributed by atoms with van der Waals surface area (Å²) in [6.07, 6.45) is 2.56. The lowest BCUT2D eigenvalue weighted by Crippen LogP contribution is -2.43. The summed E-state index contributed by atoms with van der Waals surface area (Å²) in [5.74, 6) is -0.633. The highest BCUT2D eigenvalue weighted by Crippen LogP contribution is 2.11. The highest BCUT2D eigenvalue weighted by atomic mass is 16.4. The Morgan fingerprint density at radius 3 is 2.33 bits per heavy atom. The Labute approximate surface area is 159 Å². The highest BCUT2D eigenvalue weighted by Gasteiger charge is 2.14. The monoisotopic (exact) mass is 370 g/mol. The van der Waals surface area contributed by atoms with Gasteiger partial charge in [0.05, 0.1) is 0 Å². The number of nitrogens with one attached hydrogen (secondary N) is 2. The van der Waals surface area contributed by atoms with E-state index in [1.807, 2.05) is 42.5 Å². The van der Waals surface area contributed by atoms with Crippen LogP contribution in [0.5, 0.6) is 5.75 Å². The van der Waals surface area contributed by atoms with Crippen molar-refractivity contribution in [3.8, 4) is 5.75 Å². The number of aryl methyl sites for hydroxylation is 1. The first-order chi connectivity index (χ1) is 13.0. The molecule has 2 aromatic carbocycles. The Morgan fingerprint density at radius 1 is 0.963 bits per heavy atom. The molecule has 0 saturated carbocycles. The van der Waals surface area contributed by atoms with Gasteiger partial charge in [0.2, 0.25) is 0 Å². The summed E-state index contributed by atoms with van der Waals surface area (Å²) in [6, 6.07) is 16.2. The Bertz CT molecular complexity index is 717. The van der Waals surface area contributed by atoms with Crippen molar-refractivity contribution < 1.29 is 19.8 Å². The molecule has 0 saturated heterocycles. The zero-order valence-electron chi connectivity index (χ0n) is 15.2. The first-order valence-corrected chi connectivity index (χ1v) is 9.11. The fourth-order valence-electron chi connectivity index (χ4n) is 2.82. The van der Waals surface area contributed by atoms with E-state index in [0.717, 1.165) is 24.0 Å². The molecule has 0 fully saturated rings. The smallest absolute Gasteiger partial charge is 0.315 e. The predicted octanol–water partition coefficient (Wildman–Crippen LogP) is 3.10. The van der Waals surface area contributed by atoms with Gasteiger partial charge in [-0.25, -0.2) is 4.79 Å². The van der Waals surface area contributed by atoms with E-state index in [1.54, 1.807) is 12.1 Å². The van der Waals surface area contributed by atoms with Crippen molar-refractivity contribution in [2.24, 2.45) is 0 Å². The maximum Gasteiger partial charge on any atom is 0.315 e. The molecule has 0 spiro atoms. The van der Waals surface area contributed by atoms with Crippen LogP contribution in [0.3, 0.4) is 0 Å². The standard InChI is InChI=1S/C21H26N2O4/c24-19-11-8-16(9-12-19)7-4-14-22-21(27)23-18(10-13-20(25)26)15-17-5-2-1-3-6-17/h1-3,5-6,8-9,11-12,18,24H,4,7,10,13-15H2,(H,25,26)(H2,22,23,27). The second kappa shape index (κ2) is 10.9. The maximum absolute atomic E-state index is 12.1. The number of carbonyl (C=O) groups excluding carboxylic acids is 1. The molecule has 2 rings (SSSR count). The van der Waals surface area contributed by atoms with Crippen molar-refractivity contribution in [1.29, 1.82) is 0 Å². The zero-order chi connectivity index (χ0) is 19.5. The summed E-state index contributed by atoms with van der Waals surface area (Å²) in [7, 11) is 0. The zero-order valence-corrected chi connectivity index (χ0v) is 15.2. The number of carboxylic acid groups (broad SMARTS) is 1. The Morgan fingerprint density at radius 2 is 1.67 bits per heavy atom. The summed E-state index contributed by atoms with van der Waals surface area (Å²) in [4.78, 5) is 23.0. The molecule has 0 heterocycles. The molecule has 0 radical (unpaired) electrons. The van der Waals surface area contributed by atoms with Crippen LogP contribution in [0, 0.1) is 0 Å². The van der Waals surface area contributed by atoms with E-state index in [0.29, 0.717) is 19.4 Å². The number of aromatic hydroxyl groups is 1. The topological polar surface area (TPSA) is 98.7 Å². The number of phenols is 1. The molecule has 6 heteroatoms. The molecule has 4 N–H and O–H groups in total. The quantitative estimate of drug-likeness (QED) is 0.483. The van der Waals surface area contributed by atoms with Crippen molar-refractivity contribution in [1.82, 2.24) is 10.6 Å². The molecule has 0 bridgehead atoms. The number of hydrogen-bond acceptors (Lipinski definition) is 3. The number of aliphatic carboxylic acids is 1. The molecule has 1 atom stereocenters. The number of carbonyl (C=O) groups is 2. The van der Waals surface area contributed by atoms with Crippen LogP contribution >= 0.6 is 0 Å². The van der Waals surface area contributed by atoms with Gasteiger partial charge in [0.25, 0.3) is 0 Å². The summed E-state index contributed by atoms with van der Waals surface area (Å²) in [5, 5.41) is 23.9. The lowest BCUT2D eigenvalue weighted by Gasteiger charge is -2.18. The van der Waals surface area contributed by atoms with Gasteiger partial charge in [-0.15, -0.1) is 0 Å². The first kappa shape index (κ1) is 20.3. The summed E-state index contributed by atoms with van der Waals surface area (Å²) in [6.45, 7) is 0.518. The molecule has 2 amide bonds. The molecule has 0 aromatic heterocycles. The van der Waals surface area contributed by atoms with E-state index >= 15 is 0 Å². The van der Waals surface area contributed by atoms with Gasteiger partial charge in [0.15, 0.2) is 0 Å². The molecule has 144 valence electrons. The second-order valence-electron chi connectivity index (χ2n) is 6.49. The molecular formula is C21H26N2O4. The van der Waals surface area contributed by atoms with Crippen molar-refractivity contribution >= 4 is 12.0 Å². The Kier molecular flexibility index (Phi) is 8.16. The molecule has 0 aliphatic carbocycles. The third-order valence-electron chi connectivity index (χ3n) is 4.23. The minimum absolute atomic E-state index is 0.0125. The number of hydrogen-bond donors (Lipinski definition) is 4. The molecule has 27 heavy (non-hydrogen) atoms. The Balaban J connectivity index is 1.76. The molecule has 1 unspecified atom stereocenters. The van der Waals surface area contributed by atoms with Crippen LogP contribution in [0.1, 0.15) is 30.4 Å². The third kappa shape index (κ3) is 8.27. The molecular weight excluding hydrogens is 344 g/mol. The maximum atomic E-state index is 12.1. The number of urea groups is 1. The lowest BCUT2D eigenvalue weighted by atomic mass is 10.0. The number of benzene rings is 2. The van der Waals surface area contributed by atoms with Crippen LogP contribution in [0.4, 0.5) is 4.79 Å². The number of phenolic OH excluding ortho intramolecular Hbond substituents is 1. The predicted molar refractivity (Wildman–Crippen MR) is 104 cm³/mol. The van der Waals surface area contributed by atoms with Gasteiger partial charge in [-0.3, -0.25) is 4.79 Å². The van der Waals surface area contributed by atoms with Gasteiger partial charge in [-0.05, 0) is 48.9 Å². The number of carboxylic acids is 1. The average Bonchev–Trinajstić information content (AvgIpc) is 2.65. The Hall–Kier alpha value is -3.02. The normalized spacial score (nSPS) is 11.6. The third-order valence-corrected chi connectivity index (χ3v) is 4.23. The van der Waals surface area contributed by atoms with E-state index in [9.17, 15) is 14.7 Å². The molecule has 2 aromatic rings. The van der Waals surface area contributed by atoms with E-state index in [4.69, 9.17) is 5.11 Å². The van der Waals surface area contributed by atoms with Crippen LogP contribution in [0.25, 0.3) is 0 Å². The molecule has 6 nitrogen and oxygen atoms in total. The van der Waals surface area contributed by atoms with Gasteiger partial charge < -0.3 is 20.8 Å². The summed E-state index contributed by atoms with van der Waals surface area (Å²) < 4.78 is 0. The summed E-state index contributed by atoms with van der Waals surface area (Å²) >= 11 is 0. The van der Waals surface area contributed by atoms with E-state index in [2.05, 4.69) is 10.6 Å². The van der Waals surface area contributed by atoms with Crippen molar-refractivity contribution in [3.63, 3.8) is 0 Å². The van der Waals surface area contributed by atoms with Gasteiger partial charge in [0.1, 0.15) is 5.75 Å². The van der Waals surface area contributed by atoms with Crippen molar-refractivity contribution in [2.45, 2.75) is 38.1 Å². The minimum Gasteiger partial charge on any atom is -0.508 e. The van der Waals surface area contributed by atoms with Crippen LogP contribution < -0.4 is 10.6 Å². The van der Waals surface area contributed by atoms with Crippen LogP contribution in [-0.2, 0) is 17.6 Å². The SMILES string of the molecule is O=C(O)CCC(Cc1ccccc1)NC(=O)NCCCc1ccc(O)cc1. The highest BCUT2D eigenvalue weighted by molar-refractivity contribution is 5.74. The van der Waals surface area contributed by atoms with E-state index in [1.165, 1.54) is 0 Å². The van der Waals surface area contributed by atoms with Crippen LogP contribution in [-0.4, -0.2) is 34.8 Å². The minimum atomic E-state index is -0.871. The fourth-order valence-corrected chi connectivity index (χ4v) is 2.82. The number of amides is 2.